The SMILES string of the molecule is CCNc1cccc(C2(C)CCN(CCOc3ccccc3)CC2C)c1. The van der Waals surface area contributed by atoms with E-state index in [-0.39, 0.29) is 5.41 Å². The highest BCUT2D eigenvalue weighted by Gasteiger charge is 2.37. The molecule has 0 spiro atoms. The van der Waals surface area contributed by atoms with Gasteiger partial charge in [0.1, 0.15) is 12.4 Å². The molecule has 0 aliphatic carbocycles. The van der Waals surface area contributed by atoms with Gasteiger partial charge in [-0.2, -0.15) is 0 Å². The quantitative estimate of drug-likeness (QED) is 0.775. The Morgan fingerprint density at radius 3 is 2.69 bits per heavy atom. The van der Waals surface area contributed by atoms with Crippen molar-refractivity contribution in [3.8, 4) is 5.75 Å². The van der Waals surface area contributed by atoms with Gasteiger partial charge in [-0.15, -0.1) is 0 Å². The van der Waals surface area contributed by atoms with E-state index >= 15 is 0 Å². The normalized spacial score (nSPS) is 23.6. The summed E-state index contributed by atoms with van der Waals surface area (Å²) in [5, 5.41) is 3.44. The van der Waals surface area contributed by atoms with E-state index in [0.29, 0.717) is 5.92 Å². The van der Waals surface area contributed by atoms with Crippen molar-refractivity contribution in [3.05, 3.63) is 60.2 Å². The Morgan fingerprint density at radius 2 is 1.96 bits per heavy atom. The summed E-state index contributed by atoms with van der Waals surface area (Å²) in [7, 11) is 0. The molecule has 1 saturated heterocycles. The summed E-state index contributed by atoms with van der Waals surface area (Å²) in [4.78, 5) is 2.55. The molecule has 1 heterocycles. The number of nitrogens with zero attached hydrogens (tertiary/aromatic N) is 1. The largest absolute Gasteiger partial charge is 0.492 e. The maximum Gasteiger partial charge on any atom is 0.119 e. The predicted molar refractivity (Wildman–Crippen MR) is 110 cm³/mol. The molecular weight excluding hydrogens is 320 g/mol. The summed E-state index contributed by atoms with van der Waals surface area (Å²) in [6, 6.07) is 19.1. The molecule has 2 aromatic carbocycles. The third kappa shape index (κ3) is 4.39. The number of ether oxygens (including phenoxy) is 1. The smallest absolute Gasteiger partial charge is 0.119 e. The minimum absolute atomic E-state index is 0.238. The third-order valence-corrected chi connectivity index (χ3v) is 5.89. The minimum atomic E-state index is 0.238. The molecule has 0 amide bonds. The Labute approximate surface area is 158 Å². The number of hydrogen-bond donors (Lipinski definition) is 1. The van der Waals surface area contributed by atoms with E-state index < -0.39 is 0 Å². The number of rotatable bonds is 7. The summed E-state index contributed by atoms with van der Waals surface area (Å²) >= 11 is 0. The van der Waals surface area contributed by atoms with Crippen molar-refractivity contribution in [1.29, 1.82) is 0 Å². The van der Waals surface area contributed by atoms with Gasteiger partial charge in [0.15, 0.2) is 0 Å². The van der Waals surface area contributed by atoms with Crippen molar-refractivity contribution in [2.24, 2.45) is 5.92 Å². The van der Waals surface area contributed by atoms with E-state index in [2.05, 4.69) is 55.3 Å². The van der Waals surface area contributed by atoms with Crippen LogP contribution in [-0.2, 0) is 5.41 Å². The molecule has 1 aliphatic heterocycles. The van der Waals surface area contributed by atoms with Crippen LogP contribution in [0.15, 0.2) is 54.6 Å². The molecule has 0 radical (unpaired) electrons. The van der Waals surface area contributed by atoms with Gasteiger partial charge in [-0.05, 0) is 61.1 Å². The molecule has 26 heavy (non-hydrogen) atoms. The lowest BCUT2D eigenvalue weighted by molar-refractivity contribution is 0.0970. The Balaban J connectivity index is 1.56. The zero-order valence-corrected chi connectivity index (χ0v) is 16.4. The predicted octanol–water partition coefficient (Wildman–Crippen LogP) is 4.80. The standard InChI is InChI=1S/C23H32N2O/c1-4-24-21-10-8-9-20(17-21)23(3)13-14-25(18-19(23)2)15-16-26-22-11-6-5-7-12-22/h5-12,17,19,24H,4,13-16,18H2,1-3H3. The van der Waals surface area contributed by atoms with Crippen molar-refractivity contribution in [3.63, 3.8) is 0 Å². The second kappa shape index (κ2) is 8.59. The Bertz CT molecular complexity index is 688. The minimum Gasteiger partial charge on any atom is -0.492 e. The molecule has 3 rings (SSSR count). The monoisotopic (exact) mass is 352 g/mol. The maximum atomic E-state index is 5.87. The van der Waals surface area contributed by atoms with E-state index in [4.69, 9.17) is 4.74 Å². The van der Waals surface area contributed by atoms with Crippen molar-refractivity contribution in [2.45, 2.75) is 32.6 Å². The molecule has 1 fully saturated rings. The molecule has 0 bridgehead atoms. The molecule has 2 atom stereocenters. The van der Waals surface area contributed by atoms with Gasteiger partial charge in [0.05, 0.1) is 0 Å². The lowest BCUT2D eigenvalue weighted by Crippen LogP contribution is -2.48. The average molecular weight is 353 g/mol. The van der Waals surface area contributed by atoms with E-state index in [1.165, 1.54) is 17.7 Å². The Kier molecular flexibility index (Phi) is 6.20. The fourth-order valence-corrected chi connectivity index (χ4v) is 3.95. The molecule has 0 aromatic heterocycles. The number of benzene rings is 2. The lowest BCUT2D eigenvalue weighted by Gasteiger charge is -2.45. The first kappa shape index (κ1) is 18.8. The van der Waals surface area contributed by atoms with Crippen LogP contribution in [0, 0.1) is 5.92 Å². The van der Waals surface area contributed by atoms with Gasteiger partial charge in [0, 0.05) is 25.3 Å². The van der Waals surface area contributed by atoms with Gasteiger partial charge in [-0.25, -0.2) is 0 Å². The van der Waals surface area contributed by atoms with Crippen LogP contribution in [0.4, 0.5) is 5.69 Å². The first-order chi connectivity index (χ1) is 12.6. The number of likely N-dealkylation sites (tertiary alicyclic amines) is 1. The number of nitrogens with one attached hydrogen (secondary N) is 1. The van der Waals surface area contributed by atoms with Crippen LogP contribution < -0.4 is 10.1 Å². The van der Waals surface area contributed by atoms with Crippen molar-refractivity contribution < 1.29 is 4.74 Å². The Hall–Kier alpha value is -2.00. The molecule has 140 valence electrons. The molecule has 1 N–H and O–H groups in total. The van der Waals surface area contributed by atoms with Gasteiger partial charge in [0.2, 0.25) is 0 Å². The highest BCUT2D eigenvalue weighted by molar-refractivity contribution is 5.47. The van der Waals surface area contributed by atoms with Gasteiger partial charge in [0.25, 0.3) is 0 Å². The van der Waals surface area contributed by atoms with Gasteiger partial charge in [-0.3, -0.25) is 4.90 Å². The highest BCUT2D eigenvalue weighted by atomic mass is 16.5. The molecule has 2 aromatic rings. The van der Waals surface area contributed by atoms with Crippen LogP contribution in [0.5, 0.6) is 5.75 Å². The number of piperidine rings is 1. The molecule has 3 nitrogen and oxygen atoms in total. The number of hydrogen-bond acceptors (Lipinski definition) is 3. The lowest BCUT2D eigenvalue weighted by atomic mass is 9.68. The average Bonchev–Trinajstić information content (AvgIpc) is 2.66. The van der Waals surface area contributed by atoms with Gasteiger partial charge in [-0.1, -0.05) is 44.2 Å². The van der Waals surface area contributed by atoms with Crippen LogP contribution in [0.25, 0.3) is 0 Å². The van der Waals surface area contributed by atoms with E-state index in [0.717, 1.165) is 38.5 Å². The van der Waals surface area contributed by atoms with Crippen LogP contribution >= 0.6 is 0 Å². The van der Waals surface area contributed by atoms with E-state index in [9.17, 15) is 0 Å². The zero-order chi connectivity index (χ0) is 18.4. The first-order valence-electron chi connectivity index (χ1n) is 9.86. The summed E-state index contributed by atoms with van der Waals surface area (Å²) in [5.41, 5.74) is 2.93. The van der Waals surface area contributed by atoms with E-state index in [1.807, 2.05) is 30.3 Å². The fraction of sp³-hybridized carbons (Fsp3) is 0.478. The first-order valence-corrected chi connectivity index (χ1v) is 9.86. The second-order valence-corrected chi connectivity index (χ2v) is 7.64. The number of anilines is 1. The Morgan fingerprint density at radius 1 is 1.15 bits per heavy atom. The van der Waals surface area contributed by atoms with Crippen LogP contribution in [0.3, 0.4) is 0 Å². The van der Waals surface area contributed by atoms with Crippen molar-refractivity contribution in [2.75, 3.05) is 38.1 Å². The fourth-order valence-electron chi connectivity index (χ4n) is 3.95. The summed E-state index contributed by atoms with van der Waals surface area (Å²) in [6.07, 6.45) is 1.19. The topological polar surface area (TPSA) is 24.5 Å². The molecule has 1 aliphatic rings. The molecule has 2 unspecified atom stereocenters. The van der Waals surface area contributed by atoms with Gasteiger partial charge >= 0.3 is 0 Å². The second-order valence-electron chi connectivity index (χ2n) is 7.64. The highest BCUT2D eigenvalue weighted by Crippen LogP contribution is 2.40. The third-order valence-electron chi connectivity index (χ3n) is 5.89. The van der Waals surface area contributed by atoms with Crippen molar-refractivity contribution >= 4 is 5.69 Å². The molecule has 3 heteroatoms. The summed E-state index contributed by atoms with van der Waals surface area (Å²) in [5.74, 6) is 1.58. The number of para-hydroxylation sites is 1. The van der Waals surface area contributed by atoms with Crippen LogP contribution in [0.2, 0.25) is 0 Å². The van der Waals surface area contributed by atoms with Crippen LogP contribution in [0.1, 0.15) is 32.8 Å². The maximum absolute atomic E-state index is 5.87. The summed E-state index contributed by atoms with van der Waals surface area (Å²) in [6.45, 7) is 11.9. The molecule has 0 saturated carbocycles. The summed E-state index contributed by atoms with van der Waals surface area (Å²) < 4.78 is 5.87. The van der Waals surface area contributed by atoms with Crippen molar-refractivity contribution in [1.82, 2.24) is 4.90 Å². The zero-order valence-electron chi connectivity index (χ0n) is 16.4. The van der Waals surface area contributed by atoms with E-state index in [1.54, 1.807) is 0 Å². The van der Waals surface area contributed by atoms with Crippen LogP contribution in [-0.4, -0.2) is 37.7 Å². The molecular formula is C23H32N2O. The van der Waals surface area contributed by atoms with Gasteiger partial charge < -0.3 is 10.1 Å².